The van der Waals surface area contributed by atoms with Crippen LogP contribution in [0, 0.1) is 0 Å². The summed E-state index contributed by atoms with van der Waals surface area (Å²) in [5.74, 6) is 0. The molecule has 2 rings (SSSR count). The maximum atomic E-state index is 5.99. The van der Waals surface area contributed by atoms with Crippen LogP contribution in [-0.2, 0) is 4.74 Å². The number of nitrogens with two attached hydrogens (primary N) is 1. The molecule has 1 atom stereocenters. The summed E-state index contributed by atoms with van der Waals surface area (Å²) in [6.07, 6.45) is 1.78. The van der Waals surface area contributed by atoms with Gasteiger partial charge in [-0.1, -0.05) is 0 Å². The third-order valence-electron chi connectivity index (χ3n) is 2.82. The number of rotatable bonds is 5. The summed E-state index contributed by atoms with van der Waals surface area (Å²) in [6, 6.07) is 6.06. The zero-order valence-electron chi connectivity index (χ0n) is 11.1. The molecule has 1 unspecified atom stereocenters. The van der Waals surface area contributed by atoms with Crippen molar-refractivity contribution in [2.75, 3.05) is 24.3 Å². The second kappa shape index (κ2) is 6.21. The first-order valence-electron chi connectivity index (χ1n) is 6.29. The van der Waals surface area contributed by atoms with Crippen LogP contribution in [0.3, 0.4) is 0 Å². The predicted octanol–water partition coefficient (Wildman–Crippen LogP) is 3.42. The van der Waals surface area contributed by atoms with E-state index in [4.69, 9.17) is 10.5 Å². The molecule has 0 bridgehead atoms. The fraction of sp³-hybridized carbons (Fsp3) is 0.357. The number of nitrogens with zero attached hydrogens (tertiary/aromatic N) is 1. The van der Waals surface area contributed by atoms with Crippen molar-refractivity contribution < 1.29 is 4.74 Å². The van der Waals surface area contributed by atoms with Gasteiger partial charge in [0.1, 0.15) is 0 Å². The van der Waals surface area contributed by atoms with Crippen molar-refractivity contribution in [2.24, 2.45) is 0 Å². The maximum absolute atomic E-state index is 5.99. The van der Waals surface area contributed by atoms with E-state index in [0.29, 0.717) is 6.61 Å². The van der Waals surface area contributed by atoms with E-state index in [-0.39, 0.29) is 6.04 Å². The van der Waals surface area contributed by atoms with E-state index < -0.39 is 0 Å². The van der Waals surface area contributed by atoms with Gasteiger partial charge in [0, 0.05) is 34.4 Å². The van der Waals surface area contributed by atoms with Crippen molar-refractivity contribution in [1.82, 2.24) is 4.98 Å². The minimum atomic E-state index is 0.220. The maximum Gasteiger partial charge on any atom is 0.0954 e. The fourth-order valence-corrected chi connectivity index (χ4v) is 2.27. The van der Waals surface area contributed by atoms with Crippen molar-refractivity contribution in [3.8, 4) is 0 Å². The molecule has 0 aliphatic rings. The van der Waals surface area contributed by atoms with Crippen LogP contribution in [0.1, 0.15) is 13.8 Å². The van der Waals surface area contributed by atoms with E-state index in [1.165, 1.54) is 0 Å². The van der Waals surface area contributed by atoms with Crippen molar-refractivity contribution in [3.63, 3.8) is 0 Å². The summed E-state index contributed by atoms with van der Waals surface area (Å²) in [6.45, 7) is 5.46. The number of halogens is 1. The normalized spacial score (nSPS) is 12.6. The molecule has 1 aromatic carbocycles. The highest BCUT2D eigenvalue weighted by molar-refractivity contribution is 9.10. The van der Waals surface area contributed by atoms with E-state index >= 15 is 0 Å². The first-order valence-corrected chi connectivity index (χ1v) is 7.09. The molecular weight excluding hydrogens is 306 g/mol. The molecule has 3 N–H and O–H groups in total. The Balaban J connectivity index is 2.31. The number of pyridine rings is 1. The molecule has 0 spiro atoms. The number of anilines is 2. The van der Waals surface area contributed by atoms with Crippen LogP contribution in [0.5, 0.6) is 0 Å². The molecular formula is C14H18BrN3O. The molecule has 0 saturated carbocycles. The molecule has 1 heterocycles. The first kappa shape index (κ1) is 14.1. The van der Waals surface area contributed by atoms with Gasteiger partial charge in [0.2, 0.25) is 0 Å². The van der Waals surface area contributed by atoms with Crippen molar-refractivity contribution in [1.29, 1.82) is 0 Å². The number of nitrogen functional groups attached to an aromatic ring is 1. The highest BCUT2D eigenvalue weighted by atomic mass is 79.9. The Kier molecular flexibility index (Phi) is 4.61. The number of hydrogen-bond acceptors (Lipinski definition) is 4. The van der Waals surface area contributed by atoms with E-state index in [2.05, 4.69) is 33.2 Å². The highest BCUT2D eigenvalue weighted by Crippen LogP contribution is 2.29. The molecule has 2 aromatic rings. The van der Waals surface area contributed by atoms with Gasteiger partial charge in [-0.05, 0) is 48.0 Å². The van der Waals surface area contributed by atoms with Crippen molar-refractivity contribution in [2.45, 2.75) is 19.9 Å². The van der Waals surface area contributed by atoms with Gasteiger partial charge in [0.05, 0.1) is 17.8 Å². The molecule has 19 heavy (non-hydrogen) atoms. The van der Waals surface area contributed by atoms with E-state index in [1.807, 2.05) is 25.1 Å². The third kappa shape index (κ3) is 3.36. The molecule has 102 valence electrons. The lowest BCUT2D eigenvalue weighted by Crippen LogP contribution is -2.22. The SMILES string of the molecule is CCOCC(C)Nc1ccc(N)c2cc(Br)cnc12. The first-order chi connectivity index (χ1) is 9.11. The summed E-state index contributed by atoms with van der Waals surface area (Å²) in [5, 5.41) is 4.36. The molecule has 5 heteroatoms. The van der Waals surface area contributed by atoms with E-state index in [1.54, 1.807) is 6.20 Å². The number of fused-ring (bicyclic) bond motifs is 1. The van der Waals surface area contributed by atoms with Crippen LogP contribution in [0.4, 0.5) is 11.4 Å². The lowest BCUT2D eigenvalue weighted by molar-refractivity contribution is 0.141. The molecule has 0 saturated heterocycles. The monoisotopic (exact) mass is 323 g/mol. The predicted molar refractivity (Wildman–Crippen MR) is 83.4 cm³/mol. The van der Waals surface area contributed by atoms with Gasteiger partial charge in [-0.3, -0.25) is 4.98 Å². The average molecular weight is 324 g/mol. The molecule has 1 aromatic heterocycles. The Morgan fingerprint density at radius 3 is 3.00 bits per heavy atom. The molecule has 0 aliphatic carbocycles. The van der Waals surface area contributed by atoms with Crippen molar-refractivity contribution in [3.05, 3.63) is 28.9 Å². The van der Waals surface area contributed by atoms with Gasteiger partial charge < -0.3 is 15.8 Å². The van der Waals surface area contributed by atoms with Crippen LogP contribution in [0.25, 0.3) is 10.9 Å². The number of hydrogen-bond donors (Lipinski definition) is 2. The highest BCUT2D eigenvalue weighted by Gasteiger charge is 2.09. The van der Waals surface area contributed by atoms with Crippen LogP contribution in [-0.4, -0.2) is 24.2 Å². The van der Waals surface area contributed by atoms with Crippen molar-refractivity contribution >= 4 is 38.2 Å². The molecule has 4 nitrogen and oxygen atoms in total. The number of benzene rings is 1. The zero-order valence-corrected chi connectivity index (χ0v) is 12.7. The second-order valence-corrected chi connectivity index (χ2v) is 5.37. The zero-order chi connectivity index (χ0) is 13.8. The van der Waals surface area contributed by atoms with E-state index in [9.17, 15) is 0 Å². The minimum Gasteiger partial charge on any atom is -0.398 e. The summed E-state index contributed by atoms with van der Waals surface area (Å²) in [4.78, 5) is 4.44. The van der Waals surface area contributed by atoms with E-state index in [0.717, 1.165) is 33.4 Å². The molecule has 0 amide bonds. The number of ether oxygens (including phenoxy) is 1. The summed E-state index contributed by atoms with van der Waals surface area (Å²) in [7, 11) is 0. The summed E-state index contributed by atoms with van der Waals surface area (Å²) < 4.78 is 6.33. The standard InChI is InChI=1S/C14H18BrN3O/c1-3-19-8-9(2)18-13-5-4-12(16)11-6-10(15)7-17-14(11)13/h4-7,9,18H,3,8,16H2,1-2H3. The van der Waals surface area contributed by atoms with Crippen LogP contribution >= 0.6 is 15.9 Å². The van der Waals surface area contributed by atoms with Crippen LogP contribution in [0.2, 0.25) is 0 Å². The van der Waals surface area contributed by atoms with Crippen LogP contribution < -0.4 is 11.1 Å². The lowest BCUT2D eigenvalue weighted by Gasteiger charge is -2.17. The fourth-order valence-electron chi connectivity index (χ4n) is 1.93. The Bertz CT molecular complexity index is 574. The molecule has 0 aliphatic heterocycles. The Morgan fingerprint density at radius 2 is 2.26 bits per heavy atom. The van der Waals surface area contributed by atoms with Gasteiger partial charge in [0.25, 0.3) is 0 Å². The Morgan fingerprint density at radius 1 is 1.47 bits per heavy atom. The smallest absolute Gasteiger partial charge is 0.0954 e. The lowest BCUT2D eigenvalue weighted by atomic mass is 10.1. The largest absolute Gasteiger partial charge is 0.398 e. The Labute approximate surface area is 121 Å². The second-order valence-electron chi connectivity index (χ2n) is 4.46. The van der Waals surface area contributed by atoms with Gasteiger partial charge in [-0.2, -0.15) is 0 Å². The van der Waals surface area contributed by atoms with Gasteiger partial charge in [-0.25, -0.2) is 0 Å². The van der Waals surface area contributed by atoms with Gasteiger partial charge in [0.15, 0.2) is 0 Å². The molecule has 0 radical (unpaired) electrons. The number of nitrogens with one attached hydrogen (secondary N) is 1. The summed E-state index contributed by atoms with van der Waals surface area (Å²) in [5.41, 5.74) is 8.58. The summed E-state index contributed by atoms with van der Waals surface area (Å²) >= 11 is 3.42. The molecule has 0 fully saturated rings. The quantitative estimate of drug-likeness (QED) is 0.828. The average Bonchev–Trinajstić information content (AvgIpc) is 2.40. The minimum absolute atomic E-state index is 0.220. The Hall–Kier alpha value is -1.33. The third-order valence-corrected chi connectivity index (χ3v) is 3.26. The topological polar surface area (TPSA) is 60.2 Å². The van der Waals surface area contributed by atoms with Gasteiger partial charge in [-0.15, -0.1) is 0 Å². The van der Waals surface area contributed by atoms with Crippen LogP contribution in [0.15, 0.2) is 28.9 Å². The van der Waals surface area contributed by atoms with Gasteiger partial charge >= 0.3 is 0 Å². The number of aromatic nitrogens is 1.